The van der Waals surface area contributed by atoms with Gasteiger partial charge in [-0.2, -0.15) is 10.2 Å². The number of non-ortho nitro benzene ring substituents is 1. The molecule has 0 aliphatic carbocycles. The van der Waals surface area contributed by atoms with E-state index in [1.807, 2.05) is 29.2 Å². The van der Waals surface area contributed by atoms with Crippen molar-refractivity contribution in [1.29, 1.82) is 0 Å². The Morgan fingerprint density at radius 3 is 1.76 bits per heavy atom. The average molecular weight is 463 g/mol. The lowest BCUT2D eigenvalue weighted by atomic mass is 10.2. The number of azo groups is 1. The molecule has 0 saturated heterocycles. The quantitative estimate of drug-likeness (QED) is 0.158. The summed E-state index contributed by atoms with van der Waals surface area (Å²) in [4.78, 5) is 12.2. The number of benzene rings is 2. The summed E-state index contributed by atoms with van der Waals surface area (Å²) in [6.45, 7) is 3.67. The fraction of sp³-hybridized carbons (Fsp3) is 0.455. The fourth-order valence-corrected chi connectivity index (χ4v) is 2.76. The fourth-order valence-electron chi connectivity index (χ4n) is 2.76. The van der Waals surface area contributed by atoms with Crippen LogP contribution in [0.1, 0.15) is 0 Å². The molecule has 0 atom stereocenters. The Morgan fingerprint density at radius 2 is 1.24 bits per heavy atom. The molecule has 0 fully saturated rings. The molecule has 0 aliphatic rings. The van der Waals surface area contributed by atoms with Crippen molar-refractivity contribution in [2.45, 2.75) is 0 Å². The molecule has 2 rings (SSSR count). The second-order valence-corrected chi connectivity index (χ2v) is 6.76. The summed E-state index contributed by atoms with van der Waals surface area (Å²) >= 11 is 0. The van der Waals surface area contributed by atoms with Crippen LogP contribution in [-0.2, 0) is 14.2 Å². The van der Waals surface area contributed by atoms with Gasteiger partial charge in [-0.3, -0.25) is 10.1 Å². The molecule has 2 aromatic carbocycles. The summed E-state index contributed by atoms with van der Waals surface area (Å²) in [5.41, 5.74) is 2.07. The zero-order chi connectivity index (χ0) is 23.7. The van der Waals surface area contributed by atoms with E-state index < -0.39 is 4.92 Å². The number of anilines is 1. The van der Waals surface area contributed by atoms with E-state index in [0.29, 0.717) is 64.1 Å². The van der Waals surface area contributed by atoms with Crippen molar-refractivity contribution in [2.24, 2.45) is 10.2 Å². The number of aliphatic hydroxyl groups excluding tert-OH is 2. The Hall–Kier alpha value is -2.96. The van der Waals surface area contributed by atoms with Gasteiger partial charge in [-0.25, -0.2) is 0 Å². The first-order valence-electron chi connectivity index (χ1n) is 10.6. The Labute approximate surface area is 192 Å². The lowest BCUT2D eigenvalue weighted by Gasteiger charge is -2.24. The van der Waals surface area contributed by atoms with E-state index >= 15 is 0 Å². The molecule has 0 saturated carbocycles. The number of nitrogens with zero attached hydrogens (tertiary/aromatic N) is 4. The van der Waals surface area contributed by atoms with Crippen LogP contribution >= 0.6 is 0 Å². The largest absolute Gasteiger partial charge is 0.395 e. The second kappa shape index (κ2) is 15.8. The first-order chi connectivity index (χ1) is 16.1. The molecule has 0 aliphatic heterocycles. The SMILES string of the molecule is O=[N+]([O-])c1ccc(N=Nc2ccc(N(CCO)CCOCCOCCOCCO)cc2)cc1. The molecule has 0 spiro atoms. The first-order valence-corrected chi connectivity index (χ1v) is 10.6. The van der Waals surface area contributed by atoms with Crippen molar-refractivity contribution in [3.05, 3.63) is 58.6 Å². The van der Waals surface area contributed by atoms with Crippen molar-refractivity contribution in [3.63, 3.8) is 0 Å². The van der Waals surface area contributed by atoms with Gasteiger partial charge in [0.15, 0.2) is 0 Å². The van der Waals surface area contributed by atoms with E-state index in [2.05, 4.69) is 10.2 Å². The molecule has 0 unspecified atom stereocenters. The summed E-state index contributed by atoms with van der Waals surface area (Å²) in [6, 6.07) is 13.2. The number of aliphatic hydroxyl groups is 2. The molecule has 0 radical (unpaired) electrons. The molecule has 2 aromatic rings. The number of nitro groups is 1. The molecule has 11 nitrogen and oxygen atoms in total. The van der Waals surface area contributed by atoms with Gasteiger partial charge in [0.05, 0.1) is 69.2 Å². The average Bonchev–Trinajstić information content (AvgIpc) is 2.84. The molecule has 0 aromatic heterocycles. The number of nitro benzene ring substituents is 1. The molecule has 0 heterocycles. The number of hydrogen-bond acceptors (Lipinski definition) is 10. The second-order valence-electron chi connectivity index (χ2n) is 6.76. The van der Waals surface area contributed by atoms with Crippen LogP contribution in [0.15, 0.2) is 58.8 Å². The van der Waals surface area contributed by atoms with Gasteiger partial charge < -0.3 is 29.3 Å². The summed E-state index contributed by atoms with van der Waals surface area (Å²) in [6.07, 6.45) is 0. The summed E-state index contributed by atoms with van der Waals surface area (Å²) in [5, 5.41) is 36.9. The zero-order valence-corrected chi connectivity index (χ0v) is 18.4. The van der Waals surface area contributed by atoms with Gasteiger partial charge in [-0.05, 0) is 36.4 Å². The molecule has 2 N–H and O–H groups in total. The van der Waals surface area contributed by atoms with Gasteiger partial charge in [0, 0.05) is 30.9 Å². The smallest absolute Gasteiger partial charge is 0.269 e. The van der Waals surface area contributed by atoms with E-state index in [-0.39, 0.29) is 18.9 Å². The van der Waals surface area contributed by atoms with Crippen molar-refractivity contribution >= 4 is 22.7 Å². The molecule has 180 valence electrons. The lowest BCUT2D eigenvalue weighted by molar-refractivity contribution is -0.384. The standard InChI is InChI=1S/C22H30N4O7/c27-11-9-25(10-13-31-15-17-33-18-16-32-14-12-28)21-5-1-19(2-6-21)23-24-20-3-7-22(8-4-20)26(29)30/h1-8,27-28H,9-18H2. The van der Waals surface area contributed by atoms with E-state index in [0.717, 1.165) is 5.69 Å². The summed E-state index contributed by atoms with van der Waals surface area (Å²) in [7, 11) is 0. The minimum absolute atomic E-state index is 0.00243. The van der Waals surface area contributed by atoms with Crippen LogP contribution in [0.2, 0.25) is 0 Å². The van der Waals surface area contributed by atoms with Gasteiger partial charge in [0.2, 0.25) is 0 Å². The normalized spacial score (nSPS) is 11.2. The van der Waals surface area contributed by atoms with Crippen molar-refractivity contribution in [2.75, 3.05) is 70.8 Å². The highest BCUT2D eigenvalue weighted by atomic mass is 16.6. The number of rotatable bonds is 17. The van der Waals surface area contributed by atoms with Crippen LogP contribution in [0.3, 0.4) is 0 Å². The Morgan fingerprint density at radius 1 is 0.727 bits per heavy atom. The molecule has 0 bridgehead atoms. The van der Waals surface area contributed by atoms with Gasteiger partial charge in [-0.1, -0.05) is 0 Å². The maximum Gasteiger partial charge on any atom is 0.269 e. The number of ether oxygens (including phenoxy) is 3. The van der Waals surface area contributed by atoms with Gasteiger partial charge >= 0.3 is 0 Å². The Balaban J connectivity index is 1.75. The maximum atomic E-state index is 10.7. The molecule has 33 heavy (non-hydrogen) atoms. The van der Waals surface area contributed by atoms with Gasteiger partial charge in [0.25, 0.3) is 5.69 Å². The highest BCUT2D eigenvalue weighted by molar-refractivity contribution is 5.53. The zero-order valence-electron chi connectivity index (χ0n) is 18.4. The van der Waals surface area contributed by atoms with Crippen LogP contribution in [0.5, 0.6) is 0 Å². The Kier molecular flexibility index (Phi) is 12.6. The Bertz CT molecular complexity index is 832. The highest BCUT2D eigenvalue weighted by Gasteiger charge is 2.07. The van der Waals surface area contributed by atoms with E-state index in [4.69, 9.17) is 19.3 Å². The number of hydrogen-bond donors (Lipinski definition) is 2. The monoisotopic (exact) mass is 462 g/mol. The minimum atomic E-state index is -0.464. The first kappa shape index (κ1) is 26.3. The van der Waals surface area contributed by atoms with Crippen molar-refractivity contribution in [1.82, 2.24) is 0 Å². The van der Waals surface area contributed by atoms with Crippen LogP contribution in [-0.4, -0.2) is 81.1 Å². The van der Waals surface area contributed by atoms with E-state index in [1.165, 1.54) is 24.3 Å². The van der Waals surface area contributed by atoms with Gasteiger partial charge in [-0.15, -0.1) is 0 Å². The van der Waals surface area contributed by atoms with Crippen LogP contribution in [0.4, 0.5) is 22.7 Å². The van der Waals surface area contributed by atoms with Gasteiger partial charge in [0.1, 0.15) is 0 Å². The van der Waals surface area contributed by atoms with Crippen LogP contribution < -0.4 is 4.90 Å². The van der Waals surface area contributed by atoms with E-state index in [1.54, 1.807) is 0 Å². The topological polar surface area (TPSA) is 139 Å². The molecular formula is C22H30N4O7. The predicted octanol–water partition coefficient (Wildman–Crippen LogP) is 2.85. The highest BCUT2D eigenvalue weighted by Crippen LogP contribution is 2.23. The third kappa shape index (κ3) is 10.5. The maximum absolute atomic E-state index is 10.7. The minimum Gasteiger partial charge on any atom is -0.395 e. The third-order valence-corrected chi connectivity index (χ3v) is 4.41. The summed E-state index contributed by atoms with van der Waals surface area (Å²) < 4.78 is 16.1. The lowest BCUT2D eigenvalue weighted by Crippen LogP contribution is -2.30. The van der Waals surface area contributed by atoms with Crippen LogP contribution in [0, 0.1) is 10.1 Å². The van der Waals surface area contributed by atoms with Crippen LogP contribution in [0.25, 0.3) is 0 Å². The summed E-state index contributed by atoms with van der Waals surface area (Å²) in [5.74, 6) is 0. The predicted molar refractivity (Wildman–Crippen MR) is 123 cm³/mol. The molecular weight excluding hydrogens is 432 g/mol. The third-order valence-electron chi connectivity index (χ3n) is 4.41. The van der Waals surface area contributed by atoms with E-state index in [9.17, 15) is 15.2 Å². The molecule has 0 amide bonds. The van der Waals surface area contributed by atoms with Crippen molar-refractivity contribution < 1.29 is 29.3 Å². The molecule has 11 heteroatoms. The van der Waals surface area contributed by atoms with Crippen molar-refractivity contribution in [3.8, 4) is 0 Å².